The zero-order chi connectivity index (χ0) is 20.8. The Kier molecular flexibility index (Phi) is 6.09. The molecule has 0 bridgehead atoms. The summed E-state index contributed by atoms with van der Waals surface area (Å²) in [6, 6.07) is 17.4. The number of benzene rings is 3. The predicted octanol–water partition coefficient (Wildman–Crippen LogP) is 3.55. The van der Waals surface area contributed by atoms with Gasteiger partial charge in [0.1, 0.15) is 11.5 Å². The lowest BCUT2D eigenvalue weighted by Crippen LogP contribution is -2.20. The van der Waals surface area contributed by atoms with Crippen LogP contribution in [-0.2, 0) is 4.79 Å². The third-order valence-corrected chi connectivity index (χ3v) is 4.29. The molecule has 3 N–H and O–H groups in total. The first-order valence-electron chi connectivity index (χ1n) is 9.01. The van der Waals surface area contributed by atoms with Gasteiger partial charge in [0, 0.05) is 0 Å². The monoisotopic (exact) mass is 392 g/mol. The molecule has 0 aliphatic rings. The van der Waals surface area contributed by atoms with Crippen molar-refractivity contribution in [2.45, 2.75) is 13.3 Å². The van der Waals surface area contributed by atoms with Gasteiger partial charge in [-0.15, -0.1) is 0 Å². The summed E-state index contributed by atoms with van der Waals surface area (Å²) in [5, 5.41) is 24.7. The van der Waals surface area contributed by atoms with Crippen molar-refractivity contribution in [3.05, 3.63) is 71.8 Å². The molecule has 0 saturated carbocycles. The van der Waals surface area contributed by atoms with Crippen molar-refractivity contribution in [3.8, 4) is 11.5 Å². The molecule has 148 valence electrons. The quantitative estimate of drug-likeness (QED) is 0.421. The number of carboxylic acids is 1. The van der Waals surface area contributed by atoms with Crippen LogP contribution in [0.1, 0.15) is 29.3 Å². The molecule has 0 saturated heterocycles. The molecule has 29 heavy (non-hydrogen) atoms. The number of ether oxygens (including phenoxy) is 1. The van der Waals surface area contributed by atoms with Crippen LogP contribution in [0.3, 0.4) is 0 Å². The smallest absolute Gasteiger partial charge is 0.341 e. The summed E-state index contributed by atoms with van der Waals surface area (Å²) in [5.41, 5.74) is 4.02. The standard InChI is InChI=1S/C22H20N2O5/c1-2-19(14-7-9-17(10-8-14)29-13-21(26)27)23-24-22(28)18-11-15-5-3-4-6-16(15)12-20(18)25/h3-12,25H,2,13H2,1H3,(H,24,28)(H,26,27)/b23-19-. The van der Waals surface area contributed by atoms with E-state index in [4.69, 9.17) is 9.84 Å². The molecule has 7 nitrogen and oxygen atoms in total. The molecule has 0 aromatic heterocycles. The summed E-state index contributed by atoms with van der Waals surface area (Å²) in [6.45, 7) is 1.48. The first-order valence-corrected chi connectivity index (χ1v) is 9.01. The third kappa shape index (κ3) is 4.90. The number of carboxylic acid groups (broad SMARTS) is 1. The van der Waals surface area contributed by atoms with Gasteiger partial charge in [-0.2, -0.15) is 5.10 Å². The van der Waals surface area contributed by atoms with Crippen LogP contribution in [0.5, 0.6) is 11.5 Å². The maximum Gasteiger partial charge on any atom is 0.341 e. The second-order valence-electron chi connectivity index (χ2n) is 6.28. The van der Waals surface area contributed by atoms with Crippen molar-refractivity contribution >= 4 is 28.4 Å². The number of carbonyl (C=O) groups excluding carboxylic acids is 1. The van der Waals surface area contributed by atoms with Crippen LogP contribution < -0.4 is 10.2 Å². The lowest BCUT2D eigenvalue weighted by Gasteiger charge is -2.09. The molecule has 0 atom stereocenters. The van der Waals surface area contributed by atoms with Gasteiger partial charge < -0.3 is 14.9 Å². The summed E-state index contributed by atoms with van der Waals surface area (Å²) < 4.78 is 5.10. The normalized spacial score (nSPS) is 11.3. The fourth-order valence-corrected chi connectivity index (χ4v) is 2.82. The van der Waals surface area contributed by atoms with Crippen LogP contribution in [0, 0.1) is 0 Å². The molecule has 7 heteroatoms. The second kappa shape index (κ2) is 8.88. The summed E-state index contributed by atoms with van der Waals surface area (Å²) in [5.74, 6) is -1.25. The topological polar surface area (TPSA) is 108 Å². The minimum atomic E-state index is -1.05. The van der Waals surface area contributed by atoms with Crippen molar-refractivity contribution in [1.82, 2.24) is 5.43 Å². The van der Waals surface area contributed by atoms with E-state index in [0.29, 0.717) is 17.9 Å². The van der Waals surface area contributed by atoms with Crippen LogP contribution >= 0.6 is 0 Å². The van der Waals surface area contributed by atoms with Gasteiger partial charge in [0.25, 0.3) is 5.91 Å². The van der Waals surface area contributed by atoms with Gasteiger partial charge in [-0.1, -0.05) is 31.2 Å². The van der Waals surface area contributed by atoms with Gasteiger partial charge in [-0.25, -0.2) is 10.2 Å². The number of nitrogens with one attached hydrogen (secondary N) is 1. The lowest BCUT2D eigenvalue weighted by atomic mass is 10.1. The van der Waals surface area contributed by atoms with Crippen LogP contribution in [0.15, 0.2) is 65.8 Å². The minimum absolute atomic E-state index is 0.116. The van der Waals surface area contributed by atoms with Crippen LogP contribution in [0.4, 0.5) is 0 Å². The van der Waals surface area contributed by atoms with E-state index >= 15 is 0 Å². The number of carbonyl (C=O) groups is 2. The summed E-state index contributed by atoms with van der Waals surface area (Å²) in [6.07, 6.45) is 0.555. The number of hydrogen-bond donors (Lipinski definition) is 3. The van der Waals surface area contributed by atoms with E-state index in [-0.39, 0.29) is 11.3 Å². The molecular formula is C22H20N2O5. The van der Waals surface area contributed by atoms with Crippen molar-refractivity contribution in [1.29, 1.82) is 0 Å². The highest BCUT2D eigenvalue weighted by Crippen LogP contribution is 2.25. The average molecular weight is 392 g/mol. The third-order valence-electron chi connectivity index (χ3n) is 4.29. The first-order chi connectivity index (χ1) is 14.0. The average Bonchev–Trinajstić information content (AvgIpc) is 2.72. The molecule has 3 aromatic carbocycles. The van der Waals surface area contributed by atoms with Crippen LogP contribution in [-0.4, -0.2) is 34.4 Å². The van der Waals surface area contributed by atoms with Crippen LogP contribution in [0.2, 0.25) is 0 Å². The summed E-state index contributed by atoms with van der Waals surface area (Å²) in [7, 11) is 0. The van der Waals surface area contributed by atoms with E-state index in [2.05, 4.69) is 10.5 Å². The molecule has 1 amide bonds. The molecular weight excluding hydrogens is 372 g/mol. The second-order valence-corrected chi connectivity index (χ2v) is 6.28. The Morgan fingerprint density at radius 3 is 2.31 bits per heavy atom. The van der Waals surface area contributed by atoms with Gasteiger partial charge in [0.2, 0.25) is 0 Å². The van der Waals surface area contributed by atoms with E-state index in [1.165, 1.54) is 0 Å². The highest BCUT2D eigenvalue weighted by atomic mass is 16.5. The molecule has 0 aliphatic heterocycles. The Hall–Kier alpha value is -3.87. The van der Waals surface area contributed by atoms with E-state index in [0.717, 1.165) is 16.3 Å². The predicted molar refractivity (Wildman–Crippen MR) is 109 cm³/mol. The lowest BCUT2D eigenvalue weighted by molar-refractivity contribution is -0.139. The van der Waals surface area contributed by atoms with Crippen molar-refractivity contribution in [3.63, 3.8) is 0 Å². The van der Waals surface area contributed by atoms with Gasteiger partial charge in [0.15, 0.2) is 6.61 Å². The van der Waals surface area contributed by atoms with Gasteiger partial charge >= 0.3 is 5.97 Å². The van der Waals surface area contributed by atoms with Gasteiger partial charge in [-0.3, -0.25) is 4.79 Å². The summed E-state index contributed by atoms with van der Waals surface area (Å²) in [4.78, 5) is 23.1. The van der Waals surface area contributed by atoms with Crippen molar-refractivity contribution in [2.24, 2.45) is 5.10 Å². The number of rotatable bonds is 7. The molecule has 0 heterocycles. The number of fused-ring (bicyclic) bond motifs is 1. The van der Waals surface area contributed by atoms with E-state index < -0.39 is 18.5 Å². The Balaban J connectivity index is 1.75. The van der Waals surface area contributed by atoms with Crippen molar-refractivity contribution in [2.75, 3.05) is 6.61 Å². The number of aromatic hydroxyl groups is 1. The molecule has 0 fully saturated rings. The minimum Gasteiger partial charge on any atom is -0.507 e. The zero-order valence-electron chi connectivity index (χ0n) is 15.8. The molecule has 3 rings (SSSR count). The first kappa shape index (κ1) is 19.9. The Morgan fingerprint density at radius 2 is 1.69 bits per heavy atom. The fourth-order valence-electron chi connectivity index (χ4n) is 2.82. The Labute approximate surface area is 167 Å². The number of nitrogens with zero attached hydrogens (tertiary/aromatic N) is 1. The number of phenols is 1. The molecule has 0 spiro atoms. The molecule has 3 aromatic rings. The zero-order valence-corrected chi connectivity index (χ0v) is 15.8. The Morgan fingerprint density at radius 1 is 1.03 bits per heavy atom. The van der Waals surface area contributed by atoms with E-state index in [9.17, 15) is 14.7 Å². The number of hydrazone groups is 1. The maximum atomic E-state index is 12.5. The maximum absolute atomic E-state index is 12.5. The number of aliphatic carboxylic acids is 1. The Bertz CT molecular complexity index is 1070. The van der Waals surface area contributed by atoms with Gasteiger partial charge in [0.05, 0.1) is 11.3 Å². The molecule has 0 unspecified atom stereocenters. The van der Waals surface area contributed by atoms with Crippen LogP contribution in [0.25, 0.3) is 10.8 Å². The number of phenolic OH excluding ortho intramolecular Hbond substituents is 1. The van der Waals surface area contributed by atoms with Gasteiger partial charge in [-0.05, 0) is 59.2 Å². The summed E-state index contributed by atoms with van der Waals surface area (Å²) >= 11 is 0. The highest BCUT2D eigenvalue weighted by Gasteiger charge is 2.13. The highest BCUT2D eigenvalue weighted by molar-refractivity contribution is 6.04. The largest absolute Gasteiger partial charge is 0.507 e. The van der Waals surface area contributed by atoms with E-state index in [1.807, 2.05) is 31.2 Å². The fraction of sp³-hybridized carbons (Fsp3) is 0.136. The molecule has 0 aliphatic carbocycles. The number of amides is 1. The number of hydrogen-bond acceptors (Lipinski definition) is 5. The molecule has 0 radical (unpaired) electrons. The SMILES string of the molecule is CC/C(=N/NC(=O)c1cc2ccccc2cc1O)c1ccc(OCC(=O)O)cc1. The van der Waals surface area contributed by atoms with Crippen molar-refractivity contribution < 1.29 is 24.5 Å². The van der Waals surface area contributed by atoms with E-state index in [1.54, 1.807) is 36.4 Å².